The van der Waals surface area contributed by atoms with Gasteiger partial charge in [0.1, 0.15) is 0 Å². The molecule has 1 heterocycles. The number of aromatic nitrogens is 1. The van der Waals surface area contributed by atoms with Gasteiger partial charge in [0.2, 0.25) is 0 Å². The number of fused-ring (bicyclic) bond motifs is 1. The summed E-state index contributed by atoms with van der Waals surface area (Å²) in [5, 5.41) is 2.29. The molecule has 0 fully saturated rings. The van der Waals surface area contributed by atoms with Crippen molar-refractivity contribution in [3.05, 3.63) is 23.0 Å². The van der Waals surface area contributed by atoms with E-state index in [-0.39, 0.29) is 0 Å². The normalized spacial score (nSPS) is 9.85. The number of nitrogens with zero attached hydrogens (tertiary/aromatic N) is 1. The molecule has 3 nitrogen and oxygen atoms in total. The standard InChI is InChI=1S/C8H4N2OS2/c12-4-9-5-1-2-7-6(3-5)10-8(13)11-7/h1-3H,(H,10,13). The summed E-state index contributed by atoms with van der Waals surface area (Å²) >= 11 is 9.32. The molecule has 0 aliphatic heterocycles. The molecule has 1 N–H and O–H groups in total. The Hall–Kier alpha value is -1.29. The van der Waals surface area contributed by atoms with Crippen LogP contribution in [0.1, 0.15) is 0 Å². The lowest BCUT2D eigenvalue weighted by molar-refractivity contribution is 0.583. The van der Waals surface area contributed by atoms with Gasteiger partial charge in [-0.05, 0) is 42.6 Å². The fourth-order valence-electron chi connectivity index (χ4n) is 1.06. The average Bonchev–Trinajstić information content (AvgIpc) is 2.44. The quantitative estimate of drug-likeness (QED) is 0.578. The third kappa shape index (κ3) is 1.58. The van der Waals surface area contributed by atoms with Crippen molar-refractivity contribution >= 4 is 46.4 Å². The number of hydrogen-bond acceptors (Lipinski definition) is 4. The van der Waals surface area contributed by atoms with Gasteiger partial charge in [-0.15, -0.1) is 0 Å². The van der Waals surface area contributed by atoms with Crippen molar-refractivity contribution < 1.29 is 4.42 Å². The van der Waals surface area contributed by atoms with Gasteiger partial charge in [0, 0.05) is 0 Å². The SMILES string of the molecule is S=C=Nc1ccc2oc(=S)[nH]c2c1. The third-order valence-corrected chi connectivity index (χ3v) is 1.85. The van der Waals surface area contributed by atoms with E-state index in [2.05, 4.69) is 27.4 Å². The Morgan fingerprint density at radius 3 is 3.08 bits per heavy atom. The highest BCUT2D eigenvalue weighted by atomic mass is 32.1. The van der Waals surface area contributed by atoms with Crippen molar-refractivity contribution in [3.8, 4) is 0 Å². The van der Waals surface area contributed by atoms with Crippen molar-refractivity contribution in [2.75, 3.05) is 0 Å². The maximum Gasteiger partial charge on any atom is 0.266 e. The first-order chi connectivity index (χ1) is 6.29. The number of isothiocyanates is 1. The number of hydrogen-bond donors (Lipinski definition) is 1. The molecule has 0 aliphatic rings. The molecule has 1 aromatic carbocycles. The van der Waals surface area contributed by atoms with Crippen molar-refractivity contribution in [1.29, 1.82) is 0 Å². The highest BCUT2D eigenvalue weighted by molar-refractivity contribution is 7.78. The van der Waals surface area contributed by atoms with E-state index in [1.54, 1.807) is 18.2 Å². The van der Waals surface area contributed by atoms with Crippen LogP contribution in [0.2, 0.25) is 0 Å². The van der Waals surface area contributed by atoms with Crippen LogP contribution in [0.3, 0.4) is 0 Å². The molecule has 0 saturated heterocycles. The maximum absolute atomic E-state index is 5.17. The highest BCUT2D eigenvalue weighted by Gasteiger charge is 1.98. The summed E-state index contributed by atoms with van der Waals surface area (Å²) in [5.74, 6) is 0. The summed E-state index contributed by atoms with van der Waals surface area (Å²) in [7, 11) is 0. The first-order valence-corrected chi connectivity index (χ1v) is 4.32. The lowest BCUT2D eigenvalue weighted by atomic mass is 10.3. The molecule has 13 heavy (non-hydrogen) atoms. The average molecular weight is 208 g/mol. The number of H-pyrrole nitrogens is 1. The molecule has 0 spiro atoms. The van der Waals surface area contributed by atoms with Gasteiger partial charge in [0.25, 0.3) is 4.84 Å². The Labute approximate surface area is 84.1 Å². The molecule has 2 rings (SSSR count). The summed E-state index contributed by atoms with van der Waals surface area (Å²) < 4.78 is 5.17. The fraction of sp³-hybridized carbons (Fsp3) is 0. The van der Waals surface area contributed by atoms with Crippen molar-refractivity contribution in [1.82, 2.24) is 4.98 Å². The van der Waals surface area contributed by atoms with Gasteiger partial charge < -0.3 is 9.40 Å². The number of thiocarbonyl (C=S) groups is 1. The van der Waals surface area contributed by atoms with Crippen LogP contribution in [0, 0.1) is 4.84 Å². The fourth-order valence-corrected chi connectivity index (χ4v) is 1.37. The zero-order valence-electron chi connectivity index (χ0n) is 6.40. The second-order valence-electron chi connectivity index (χ2n) is 2.40. The molecule has 2 aromatic rings. The molecule has 0 bridgehead atoms. The minimum absolute atomic E-state index is 0.360. The van der Waals surface area contributed by atoms with Gasteiger partial charge >= 0.3 is 0 Å². The second-order valence-corrected chi connectivity index (χ2v) is 2.95. The van der Waals surface area contributed by atoms with E-state index >= 15 is 0 Å². The summed E-state index contributed by atoms with van der Waals surface area (Å²) in [6.45, 7) is 0. The smallest absolute Gasteiger partial charge is 0.266 e. The number of rotatable bonds is 1. The zero-order chi connectivity index (χ0) is 9.26. The van der Waals surface area contributed by atoms with E-state index in [0.29, 0.717) is 10.4 Å². The minimum Gasteiger partial charge on any atom is -0.429 e. The molecule has 1 aromatic heterocycles. The highest BCUT2D eigenvalue weighted by Crippen LogP contribution is 2.19. The van der Waals surface area contributed by atoms with Crippen LogP contribution >= 0.6 is 24.4 Å². The van der Waals surface area contributed by atoms with Crippen LogP contribution in [0.25, 0.3) is 11.1 Å². The molecule has 0 unspecified atom stereocenters. The van der Waals surface area contributed by atoms with E-state index in [9.17, 15) is 0 Å². The molecule has 64 valence electrons. The largest absolute Gasteiger partial charge is 0.429 e. The Morgan fingerprint density at radius 2 is 2.31 bits per heavy atom. The molecular formula is C8H4N2OS2. The van der Waals surface area contributed by atoms with Crippen molar-refractivity contribution in [2.24, 2.45) is 4.99 Å². The first-order valence-electron chi connectivity index (χ1n) is 3.50. The Morgan fingerprint density at radius 1 is 1.46 bits per heavy atom. The van der Waals surface area contributed by atoms with Crippen LogP contribution in [-0.4, -0.2) is 10.1 Å². The van der Waals surface area contributed by atoms with E-state index in [4.69, 9.17) is 16.6 Å². The van der Waals surface area contributed by atoms with Gasteiger partial charge in [-0.2, -0.15) is 4.99 Å². The minimum atomic E-state index is 0.360. The van der Waals surface area contributed by atoms with E-state index in [0.717, 1.165) is 11.2 Å². The number of aliphatic imine (C=N–C) groups is 1. The van der Waals surface area contributed by atoms with Gasteiger partial charge in [0.05, 0.1) is 16.4 Å². The summed E-state index contributed by atoms with van der Waals surface area (Å²) in [4.78, 5) is 7.08. The number of aromatic amines is 1. The third-order valence-electron chi connectivity index (χ3n) is 1.58. The molecule has 0 saturated carbocycles. The van der Waals surface area contributed by atoms with Crippen LogP contribution < -0.4 is 0 Å². The summed E-state index contributed by atoms with van der Waals surface area (Å²) in [5.41, 5.74) is 2.26. The predicted octanol–water partition coefficient (Wildman–Crippen LogP) is 3.22. The first kappa shape index (κ1) is 8.31. The van der Waals surface area contributed by atoms with Gasteiger partial charge in [-0.1, -0.05) is 0 Å². The predicted molar refractivity (Wildman–Crippen MR) is 56.1 cm³/mol. The Kier molecular flexibility index (Phi) is 2.06. The molecule has 0 aliphatic carbocycles. The second kappa shape index (κ2) is 3.22. The lowest BCUT2D eigenvalue weighted by Gasteiger charge is -1.88. The van der Waals surface area contributed by atoms with E-state index in [1.165, 1.54) is 0 Å². The van der Waals surface area contributed by atoms with Crippen LogP contribution in [0.15, 0.2) is 27.6 Å². The van der Waals surface area contributed by atoms with Crippen molar-refractivity contribution in [3.63, 3.8) is 0 Å². The van der Waals surface area contributed by atoms with E-state index < -0.39 is 0 Å². The Balaban J connectivity index is 2.74. The maximum atomic E-state index is 5.17. The lowest BCUT2D eigenvalue weighted by Crippen LogP contribution is -1.67. The monoisotopic (exact) mass is 208 g/mol. The van der Waals surface area contributed by atoms with Crippen molar-refractivity contribution in [2.45, 2.75) is 0 Å². The van der Waals surface area contributed by atoms with Crippen LogP contribution in [0.5, 0.6) is 0 Å². The van der Waals surface area contributed by atoms with Gasteiger partial charge in [-0.25, -0.2) is 0 Å². The van der Waals surface area contributed by atoms with Crippen LogP contribution in [-0.2, 0) is 0 Å². The summed E-state index contributed by atoms with van der Waals surface area (Å²) in [6.07, 6.45) is 0. The summed E-state index contributed by atoms with van der Waals surface area (Å²) in [6, 6.07) is 5.37. The molecule has 0 radical (unpaired) electrons. The number of oxazole rings is 1. The zero-order valence-corrected chi connectivity index (χ0v) is 8.04. The topological polar surface area (TPSA) is 41.3 Å². The number of benzene rings is 1. The molecule has 0 atom stereocenters. The van der Waals surface area contributed by atoms with E-state index in [1.807, 2.05) is 0 Å². The van der Waals surface area contributed by atoms with Crippen LogP contribution in [0.4, 0.5) is 5.69 Å². The molecular weight excluding hydrogens is 204 g/mol. The van der Waals surface area contributed by atoms with Gasteiger partial charge in [-0.3, -0.25) is 0 Å². The van der Waals surface area contributed by atoms with Gasteiger partial charge in [0.15, 0.2) is 5.58 Å². The Bertz CT molecular complexity index is 549. The number of nitrogens with one attached hydrogen (secondary N) is 1. The molecule has 5 heteroatoms. The molecule has 0 amide bonds.